The number of H-pyrrole nitrogens is 1. The summed E-state index contributed by atoms with van der Waals surface area (Å²) < 4.78 is 11.2. The van der Waals surface area contributed by atoms with Crippen LogP contribution in [0, 0.1) is 0 Å². The Balaban J connectivity index is 1.76. The molecule has 0 spiro atoms. The largest absolute Gasteiger partial charge is 0.372 e. The molecule has 4 nitrogen and oxygen atoms in total. The smallest absolute Gasteiger partial charge is 0.101 e. The van der Waals surface area contributed by atoms with E-state index in [9.17, 15) is 0 Å². The number of aromatic nitrogens is 2. The second kappa shape index (κ2) is 2.82. The highest BCUT2D eigenvalue weighted by atomic mass is 16.6. The van der Waals surface area contributed by atoms with Crippen molar-refractivity contribution in [2.75, 3.05) is 6.61 Å². The molecule has 2 aliphatic heterocycles. The van der Waals surface area contributed by atoms with Gasteiger partial charge in [-0.1, -0.05) is 0 Å². The third-order valence-electron chi connectivity index (χ3n) is 2.72. The molecule has 70 valence electrons. The first-order valence-corrected chi connectivity index (χ1v) is 4.70. The van der Waals surface area contributed by atoms with Gasteiger partial charge in [0.25, 0.3) is 0 Å². The maximum Gasteiger partial charge on any atom is 0.101 e. The van der Waals surface area contributed by atoms with Gasteiger partial charge >= 0.3 is 0 Å². The summed E-state index contributed by atoms with van der Waals surface area (Å²) in [6.45, 7) is 0.796. The first-order valence-electron chi connectivity index (χ1n) is 4.70. The fourth-order valence-electron chi connectivity index (χ4n) is 1.91. The average Bonchev–Trinajstić information content (AvgIpc) is 2.66. The van der Waals surface area contributed by atoms with Gasteiger partial charge in [-0.05, 0) is 12.5 Å². The Morgan fingerprint density at radius 2 is 2.46 bits per heavy atom. The highest BCUT2D eigenvalue weighted by Crippen LogP contribution is 2.37. The van der Waals surface area contributed by atoms with Crippen molar-refractivity contribution in [2.45, 2.75) is 31.2 Å². The summed E-state index contributed by atoms with van der Waals surface area (Å²) in [6.07, 6.45) is 4.81. The Hall–Kier alpha value is -0.870. The van der Waals surface area contributed by atoms with Crippen LogP contribution < -0.4 is 0 Å². The van der Waals surface area contributed by atoms with Gasteiger partial charge in [-0.3, -0.25) is 5.10 Å². The Labute approximate surface area is 76.2 Å². The Morgan fingerprint density at radius 1 is 1.46 bits per heavy atom. The van der Waals surface area contributed by atoms with Crippen molar-refractivity contribution in [1.82, 2.24) is 10.2 Å². The molecule has 2 aliphatic rings. The van der Waals surface area contributed by atoms with E-state index in [1.54, 1.807) is 6.20 Å². The molecule has 0 aromatic carbocycles. The van der Waals surface area contributed by atoms with Gasteiger partial charge in [-0.15, -0.1) is 0 Å². The predicted molar refractivity (Wildman–Crippen MR) is 45.2 cm³/mol. The van der Waals surface area contributed by atoms with Gasteiger partial charge in [0.1, 0.15) is 6.10 Å². The molecule has 0 saturated carbocycles. The standard InChI is InChI=1S/C9H12N2O2/c1-3-10-11-6(1)8-5-9-7(13-9)2-4-12-8/h1,3,7-9H,2,4-5H2,(H,10,11). The second-order valence-corrected chi connectivity index (χ2v) is 3.61. The van der Waals surface area contributed by atoms with Crippen LogP contribution in [-0.4, -0.2) is 29.0 Å². The van der Waals surface area contributed by atoms with Gasteiger partial charge in [-0.25, -0.2) is 0 Å². The summed E-state index contributed by atoms with van der Waals surface area (Å²) in [5.41, 5.74) is 1.07. The van der Waals surface area contributed by atoms with Crippen molar-refractivity contribution >= 4 is 0 Å². The predicted octanol–water partition coefficient (Wildman–Crippen LogP) is 1.03. The molecule has 2 saturated heterocycles. The molecular formula is C9H12N2O2. The van der Waals surface area contributed by atoms with Crippen molar-refractivity contribution < 1.29 is 9.47 Å². The van der Waals surface area contributed by atoms with E-state index in [2.05, 4.69) is 10.2 Å². The summed E-state index contributed by atoms with van der Waals surface area (Å²) in [4.78, 5) is 0. The maximum absolute atomic E-state index is 5.70. The number of rotatable bonds is 1. The molecule has 3 rings (SSSR count). The van der Waals surface area contributed by atoms with Crippen molar-refractivity contribution in [1.29, 1.82) is 0 Å². The number of ether oxygens (including phenoxy) is 2. The lowest BCUT2D eigenvalue weighted by atomic mass is 10.1. The van der Waals surface area contributed by atoms with Crippen LogP contribution in [0.5, 0.6) is 0 Å². The Kier molecular flexibility index (Phi) is 1.63. The fraction of sp³-hybridized carbons (Fsp3) is 0.667. The molecule has 3 heterocycles. The average molecular weight is 180 g/mol. The fourth-order valence-corrected chi connectivity index (χ4v) is 1.91. The summed E-state index contributed by atoms with van der Waals surface area (Å²) in [6, 6.07) is 1.97. The van der Waals surface area contributed by atoms with Gasteiger partial charge in [0.05, 0.1) is 24.5 Å². The lowest BCUT2D eigenvalue weighted by molar-refractivity contribution is 0.0354. The highest BCUT2D eigenvalue weighted by Gasteiger charge is 2.42. The molecule has 0 amide bonds. The number of hydrogen-bond acceptors (Lipinski definition) is 3. The molecule has 1 N–H and O–H groups in total. The molecule has 0 bridgehead atoms. The number of hydrogen-bond donors (Lipinski definition) is 1. The number of nitrogens with one attached hydrogen (secondary N) is 1. The van der Waals surface area contributed by atoms with Crippen LogP contribution in [0.15, 0.2) is 12.3 Å². The first kappa shape index (κ1) is 7.53. The normalized spacial score (nSPS) is 38.0. The molecule has 0 radical (unpaired) electrons. The zero-order valence-electron chi connectivity index (χ0n) is 7.27. The topological polar surface area (TPSA) is 50.4 Å². The quantitative estimate of drug-likeness (QED) is 0.657. The monoisotopic (exact) mass is 180 g/mol. The van der Waals surface area contributed by atoms with Crippen LogP contribution >= 0.6 is 0 Å². The number of epoxide rings is 1. The van der Waals surface area contributed by atoms with E-state index < -0.39 is 0 Å². The highest BCUT2D eigenvalue weighted by molar-refractivity contribution is 5.05. The molecule has 4 heteroatoms. The molecular weight excluding hydrogens is 168 g/mol. The van der Waals surface area contributed by atoms with Crippen molar-refractivity contribution in [2.24, 2.45) is 0 Å². The lowest BCUT2D eigenvalue weighted by Crippen LogP contribution is -2.06. The van der Waals surface area contributed by atoms with E-state index in [-0.39, 0.29) is 6.10 Å². The van der Waals surface area contributed by atoms with Crippen molar-refractivity contribution in [3.63, 3.8) is 0 Å². The summed E-state index contributed by atoms with van der Waals surface area (Å²) in [5, 5.41) is 6.86. The zero-order valence-corrected chi connectivity index (χ0v) is 7.27. The Morgan fingerprint density at radius 3 is 3.31 bits per heavy atom. The minimum absolute atomic E-state index is 0.153. The van der Waals surface area contributed by atoms with Crippen LogP contribution in [0.4, 0.5) is 0 Å². The van der Waals surface area contributed by atoms with Crippen LogP contribution in [0.25, 0.3) is 0 Å². The third kappa shape index (κ3) is 1.36. The van der Waals surface area contributed by atoms with Crippen LogP contribution in [0.1, 0.15) is 24.6 Å². The molecule has 1 aromatic heterocycles. The van der Waals surface area contributed by atoms with Gasteiger partial charge < -0.3 is 9.47 Å². The van der Waals surface area contributed by atoms with Crippen LogP contribution in [0.3, 0.4) is 0 Å². The lowest BCUT2D eigenvalue weighted by Gasteiger charge is -2.12. The second-order valence-electron chi connectivity index (χ2n) is 3.61. The van der Waals surface area contributed by atoms with E-state index in [1.165, 1.54) is 0 Å². The van der Waals surface area contributed by atoms with Crippen LogP contribution in [-0.2, 0) is 9.47 Å². The molecule has 1 aromatic rings. The minimum atomic E-state index is 0.153. The molecule has 2 fully saturated rings. The van der Waals surface area contributed by atoms with Crippen molar-refractivity contribution in [3.05, 3.63) is 18.0 Å². The molecule has 3 unspecified atom stereocenters. The summed E-state index contributed by atoms with van der Waals surface area (Å²) >= 11 is 0. The van der Waals surface area contributed by atoms with E-state index in [4.69, 9.17) is 9.47 Å². The number of nitrogens with zero attached hydrogens (tertiary/aromatic N) is 1. The molecule has 13 heavy (non-hydrogen) atoms. The molecule has 3 atom stereocenters. The number of fused-ring (bicyclic) bond motifs is 1. The maximum atomic E-state index is 5.70. The summed E-state index contributed by atoms with van der Waals surface area (Å²) in [5.74, 6) is 0. The first-order chi connectivity index (χ1) is 6.43. The van der Waals surface area contributed by atoms with Gasteiger partial charge in [0, 0.05) is 12.6 Å². The van der Waals surface area contributed by atoms with E-state index in [1.807, 2.05) is 6.07 Å². The number of aromatic amines is 1. The van der Waals surface area contributed by atoms with Crippen molar-refractivity contribution in [3.8, 4) is 0 Å². The van der Waals surface area contributed by atoms with E-state index in [0.29, 0.717) is 12.2 Å². The SMILES string of the molecule is c1cc(C2CC3OC3CCO2)[nH]n1. The molecule has 0 aliphatic carbocycles. The third-order valence-corrected chi connectivity index (χ3v) is 2.72. The van der Waals surface area contributed by atoms with E-state index >= 15 is 0 Å². The summed E-state index contributed by atoms with van der Waals surface area (Å²) in [7, 11) is 0. The van der Waals surface area contributed by atoms with Crippen LogP contribution in [0.2, 0.25) is 0 Å². The van der Waals surface area contributed by atoms with Gasteiger partial charge in [0.15, 0.2) is 0 Å². The zero-order chi connectivity index (χ0) is 8.67. The minimum Gasteiger partial charge on any atom is -0.372 e. The van der Waals surface area contributed by atoms with Gasteiger partial charge in [-0.2, -0.15) is 5.10 Å². The van der Waals surface area contributed by atoms with E-state index in [0.717, 1.165) is 25.1 Å². The Bertz CT molecular complexity index is 286. The van der Waals surface area contributed by atoms with Gasteiger partial charge in [0.2, 0.25) is 0 Å².